The van der Waals surface area contributed by atoms with Crippen LogP contribution in [0.1, 0.15) is 26.2 Å². The molecule has 1 aliphatic rings. The zero-order chi connectivity index (χ0) is 12.1. The van der Waals surface area contributed by atoms with Crippen LogP contribution in [0.2, 0.25) is 0 Å². The van der Waals surface area contributed by atoms with Crippen molar-refractivity contribution < 1.29 is 14.3 Å². The number of hydrogen-bond donors (Lipinski definition) is 0. The van der Waals surface area contributed by atoms with E-state index in [2.05, 4.69) is 6.92 Å². The second-order valence-corrected chi connectivity index (χ2v) is 4.16. The molecule has 1 amide bonds. The number of esters is 1. The number of methoxy groups -OCH3 is 1. The highest BCUT2D eigenvalue weighted by molar-refractivity contribution is 5.82. The smallest absolute Gasteiger partial charge is 0.323 e. The molecule has 92 valence electrons. The molecule has 0 spiro atoms. The van der Waals surface area contributed by atoms with Gasteiger partial charge in [0.25, 0.3) is 0 Å². The third kappa shape index (κ3) is 2.95. The molecule has 0 saturated carbocycles. The minimum absolute atomic E-state index is 0.0606. The van der Waals surface area contributed by atoms with Crippen LogP contribution in [0.15, 0.2) is 0 Å². The zero-order valence-corrected chi connectivity index (χ0v) is 10.2. The first-order valence-corrected chi connectivity index (χ1v) is 5.66. The lowest BCUT2D eigenvalue weighted by Gasteiger charge is -2.24. The number of hydrogen-bond acceptors (Lipinski definition) is 4. The first-order chi connectivity index (χ1) is 7.60. The number of ether oxygens (including phenoxy) is 1. The van der Waals surface area contributed by atoms with Gasteiger partial charge in [-0.15, -0.1) is 0 Å². The summed E-state index contributed by atoms with van der Waals surface area (Å²) < 4.78 is 4.78. The fraction of sp³-hybridized carbons (Fsp3) is 0.818. The van der Waals surface area contributed by atoms with Crippen LogP contribution >= 0.6 is 0 Å². The maximum absolute atomic E-state index is 11.6. The van der Waals surface area contributed by atoms with Crippen LogP contribution in [0, 0.1) is 0 Å². The molecule has 1 rings (SSSR count). The van der Waals surface area contributed by atoms with E-state index in [1.807, 2.05) is 4.90 Å². The molecule has 0 unspecified atom stereocenters. The summed E-state index contributed by atoms with van der Waals surface area (Å²) in [5.41, 5.74) is 0. The molecule has 5 nitrogen and oxygen atoms in total. The molecule has 0 aromatic heterocycles. The summed E-state index contributed by atoms with van der Waals surface area (Å²) in [6, 6.07) is -0.279. The van der Waals surface area contributed by atoms with E-state index in [-0.39, 0.29) is 17.9 Å². The zero-order valence-electron chi connectivity index (χ0n) is 10.2. The molecule has 5 heteroatoms. The van der Waals surface area contributed by atoms with Gasteiger partial charge in [0.1, 0.15) is 6.04 Å². The Kier molecular flexibility index (Phi) is 4.73. The quantitative estimate of drug-likeness (QED) is 0.641. The Bertz CT molecular complexity index is 268. The van der Waals surface area contributed by atoms with Crippen LogP contribution in [-0.2, 0) is 14.3 Å². The van der Waals surface area contributed by atoms with E-state index in [1.165, 1.54) is 7.11 Å². The molecule has 1 atom stereocenters. The second kappa shape index (κ2) is 5.84. The van der Waals surface area contributed by atoms with E-state index >= 15 is 0 Å². The minimum Gasteiger partial charge on any atom is -0.468 e. The van der Waals surface area contributed by atoms with E-state index in [0.717, 1.165) is 19.3 Å². The molecular weight excluding hydrogens is 208 g/mol. The highest BCUT2D eigenvalue weighted by atomic mass is 16.5. The van der Waals surface area contributed by atoms with Crippen LogP contribution in [0.4, 0.5) is 0 Å². The molecule has 0 radical (unpaired) electrons. The predicted molar refractivity (Wildman–Crippen MR) is 59.7 cm³/mol. The average molecular weight is 228 g/mol. The molecule has 1 saturated heterocycles. The van der Waals surface area contributed by atoms with Crippen LogP contribution in [-0.4, -0.2) is 55.1 Å². The number of carbonyl (C=O) groups is 2. The van der Waals surface area contributed by atoms with Gasteiger partial charge in [-0.1, -0.05) is 19.8 Å². The predicted octanol–water partition coefficient (Wildman–Crippen LogP) is 0.450. The summed E-state index contributed by atoms with van der Waals surface area (Å²) in [6.07, 6.45) is 2.75. The van der Waals surface area contributed by atoms with Crippen molar-refractivity contribution in [3.05, 3.63) is 0 Å². The first kappa shape index (κ1) is 13.0. The Hall–Kier alpha value is -1.10. The molecule has 0 aliphatic carbocycles. The van der Waals surface area contributed by atoms with Crippen LogP contribution in [0.25, 0.3) is 0 Å². The van der Waals surface area contributed by atoms with Crippen LogP contribution in [0.5, 0.6) is 0 Å². The van der Waals surface area contributed by atoms with E-state index in [4.69, 9.17) is 4.74 Å². The Balaban J connectivity index is 2.62. The van der Waals surface area contributed by atoms with Crippen molar-refractivity contribution in [1.29, 1.82) is 0 Å². The van der Waals surface area contributed by atoms with Gasteiger partial charge in [-0.05, 0) is 6.42 Å². The highest BCUT2D eigenvalue weighted by Crippen LogP contribution is 2.15. The number of nitrogens with zero attached hydrogens (tertiary/aromatic N) is 2. The summed E-state index contributed by atoms with van der Waals surface area (Å²) in [7, 11) is 3.14. The van der Waals surface area contributed by atoms with Crippen molar-refractivity contribution >= 4 is 11.9 Å². The summed E-state index contributed by atoms with van der Waals surface area (Å²) in [4.78, 5) is 26.5. The van der Waals surface area contributed by atoms with Crippen molar-refractivity contribution in [2.45, 2.75) is 32.2 Å². The molecule has 1 fully saturated rings. The largest absolute Gasteiger partial charge is 0.468 e. The van der Waals surface area contributed by atoms with Gasteiger partial charge in [-0.2, -0.15) is 0 Å². The second-order valence-electron chi connectivity index (χ2n) is 4.16. The topological polar surface area (TPSA) is 49.9 Å². The first-order valence-electron chi connectivity index (χ1n) is 5.66. The van der Waals surface area contributed by atoms with Gasteiger partial charge in [0.05, 0.1) is 20.3 Å². The lowest BCUT2D eigenvalue weighted by Crippen LogP contribution is -2.41. The maximum Gasteiger partial charge on any atom is 0.323 e. The number of likely N-dealkylation sites (N-methyl/N-ethyl adjacent to an activating group) is 1. The van der Waals surface area contributed by atoms with Crippen LogP contribution < -0.4 is 0 Å². The van der Waals surface area contributed by atoms with Crippen molar-refractivity contribution in [3.63, 3.8) is 0 Å². The minimum atomic E-state index is -0.279. The molecule has 1 aliphatic heterocycles. The molecule has 0 aromatic rings. The van der Waals surface area contributed by atoms with Gasteiger partial charge in [0.2, 0.25) is 5.91 Å². The van der Waals surface area contributed by atoms with Crippen molar-refractivity contribution in [3.8, 4) is 0 Å². The van der Waals surface area contributed by atoms with E-state index in [9.17, 15) is 9.59 Å². The van der Waals surface area contributed by atoms with Gasteiger partial charge in [0, 0.05) is 7.05 Å². The monoisotopic (exact) mass is 228 g/mol. The van der Waals surface area contributed by atoms with Gasteiger partial charge in [-0.3, -0.25) is 14.5 Å². The number of unbranched alkanes of at least 4 members (excludes halogenated alkanes) is 1. The Morgan fingerprint density at radius 1 is 1.56 bits per heavy atom. The Morgan fingerprint density at radius 2 is 2.25 bits per heavy atom. The Morgan fingerprint density at radius 3 is 2.69 bits per heavy atom. The lowest BCUT2D eigenvalue weighted by atomic mass is 10.1. The third-order valence-electron chi connectivity index (χ3n) is 2.90. The van der Waals surface area contributed by atoms with Gasteiger partial charge in [0.15, 0.2) is 0 Å². The number of carbonyl (C=O) groups excluding carboxylic acids is 2. The molecule has 16 heavy (non-hydrogen) atoms. The van der Waals surface area contributed by atoms with Crippen molar-refractivity contribution in [2.24, 2.45) is 0 Å². The van der Waals surface area contributed by atoms with Gasteiger partial charge in [-0.25, -0.2) is 0 Å². The van der Waals surface area contributed by atoms with Crippen LogP contribution in [0.3, 0.4) is 0 Å². The maximum atomic E-state index is 11.6. The number of rotatable bonds is 5. The molecular formula is C11H20N2O3. The van der Waals surface area contributed by atoms with Crippen molar-refractivity contribution in [1.82, 2.24) is 9.80 Å². The standard InChI is InChI=1S/C11H20N2O3/c1-4-5-6-9(11(15)16-3)13-7-10(14)12(2)8-13/h9H,4-8H2,1-3H3/t9-/m1/s1. The molecule has 1 heterocycles. The fourth-order valence-corrected chi connectivity index (χ4v) is 1.89. The Labute approximate surface area is 96.3 Å². The highest BCUT2D eigenvalue weighted by Gasteiger charge is 2.34. The molecule has 0 N–H and O–H groups in total. The summed E-state index contributed by atoms with van der Waals surface area (Å²) >= 11 is 0. The summed E-state index contributed by atoms with van der Waals surface area (Å²) in [5.74, 6) is -0.179. The van der Waals surface area contributed by atoms with E-state index < -0.39 is 0 Å². The average Bonchev–Trinajstić information content (AvgIpc) is 2.59. The molecule has 0 aromatic carbocycles. The SMILES string of the molecule is CCCC[C@H](C(=O)OC)N1CC(=O)N(C)C1. The summed E-state index contributed by atoms with van der Waals surface area (Å²) in [6.45, 7) is 2.91. The van der Waals surface area contributed by atoms with E-state index in [0.29, 0.717) is 13.2 Å². The normalized spacial score (nSPS) is 18.9. The van der Waals surface area contributed by atoms with E-state index in [1.54, 1.807) is 11.9 Å². The molecule has 0 bridgehead atoms. The van der Waals surface area contributed by atoms with Gasteiger partial charge >= 0.3 is 5.97 Å². The third-order valence-corrected chi connectivity index (χ3v) is 2.90. The summed E-state index contributed by atoms with van der Waals surface area (Å²) in [5, 5.41) is 0. The number of amides is 1. The van der Waals surface area contributed by atoms with Crippen molar-refractivity contribution in [2.75, 3.05) is 27.4 Å². The van der Waals surface area contributed by atoms with Gasteiger partial charge < -0.3 is 9.64 Å². The fourth-order valence-electron chi connectivity index (χ4n) is 1.89. The lowest BCUT2D eigenvalue weighted by molar-refractivity contribution is -0.147.